The Labute approximate surface area is 212 Å². The van der Waals surface area contributed by atoms with Gasteiger partial charge in [0.05, 0.1) is 0 Å². The Balaban J connectivity index is 1.11. The van der Waals surface area contributed by atoms with Crippen molar-refractivity contribution in [2.45, 2.75) is 18.8 Å². The lowest BCUT2D eigenvalue weighted by Crippen LogP contribution is -2.23. The highest BCUT2D eigenvalue weighted by molar-refractivity contribution is 5.95. The first-order chi connectivity index (χ1) is 18.0. The van der Waals surface area contributed by atoms with Gasteiger partial charge in [0.2, 0.25) is 0 Å². The number of hydrogen-bond donors (Lipinski definition) is 2. The van der Waals surface area contributed by atoms with E-state index < -0.39 is 0 Å². The number of nitrogens with one attached hydrogen (secondary N) is 1. The maximum atomic E-state index is 13.7. The monoisotopic (exact) mass is 487 g/mol. The van der Waals surface area contributed by atoms with Gasteiger partial charge in [0, 0.05) is 23.7 Å². The molecule has 1 aromatic heterocycles. The predicted octanol–water partition coefficient (Wildman–Crippen LogP) is 6.08. The lowest BCUT2D eigenvalue weighted by molar-refractivity contribution is 0.0857. The van der Waals surface area contributed by atoms with Gasteiger partial charge in [-0.25, -0.2) is 9.37 Å². The van der Waals surface area contributed by atoms with Crippen LogP contribution in [-0.4, -0.2) is 10.9 Å². The number of halogens is 1. The molecule has 0 aliphatic carbocycles. The fraction of sp³-hybridized carbons (Fsp3) is 0.0968. The van der Waals surface area contributed by atoms with Crippen molar-refractivity contribution in [3.05, 3.63) is 130 Å². The Morgan fingerprint density at radius 2 is 1.65 bits per heavy atom. The first-order valence-electron chi connectivity index (χ1n) is 12.2. The molecule has 0 fully saturated rings. The molecule has 0 spiro atoms. The highest BCUT2D eigenvalue weighted by atomic mass is 19.1. The molecule has 37 heavy (non-hydrogen) atoms. The fourth-order valence-corrected chi connectivity index (χ4v) is 5.48. The van der Waals surface area contributed by atoms with Crippen molar-refractivity contribution in [1.82, 2.24) is 10.3 Å². The van der Waals surface area contributed by atoms with Crippen molar-refractivity contribution >= 4 is 22.5 Å². The second-order valence-electron chi connectivity index (χ2n) is 9.53. The lowest BCUT2D eigenvalue weighted by Gasteiger charge is -2.18. The van der Waals surface area contributed by atoms with Crippen LogP contribution in [0, 0.1) is 5.82 Å². The number of hydrogen-bond acceptors (Lipinski definition) is 4. The molecule has 2 aliphatic rings. The fourth-order valence-electron chi connectivity index (χ4n) is 5.48. The lowest BCUT2D eigenvalue weighted by atomic mass is 9.84. The Morgan fingerprint density at radius 3 is 2.49 bits per heavy atom. The van der Waals surface area contributed by atoms with E-state index in [2.05, 4.69) is 22.4 Å². The molecule has 4 aromatic carbocycles. The molecule has 2 bridgehead atoms. The Kier molecular flexibility index (Phi) is 4.84. The second kappa shape index (κ2) is 8.25. The van der Waals surface area contributed by atoms with Gasteiger partial charge in [0.15, 0.2) is 0 Å². The number of benzene rings is 4. The first kappa shape index (κ1) is 21.7. The zero-order valence-corrected chi connectivity index (χ0v) is 19.7. The van der Waals surface area contributed by atoms with Crippen LogP contribution in [0.15, 0.2) is 91.1 Å². The second-order valence-corrected chi connectivity index (χ2v) is 9.53. The number of nitrogens with two attached hydrogens (primary N) is 1. The summed E-state index contributed by atoms with van der Waals surface area (Å²) in [6.45, 7) is 0.405. The van der Waals surface area contributed by atoms with E-state index in [0.29, 0.717) is 17.9 Å². The molecule has 0 saturated heterocycles. The molecule has 3 N–H and O–H groups in total. The number of nitrogen functional groups attached to an aromatic ring is 1. The van der Waals surface area contributed by atoms with Crippen molar-refractivity contribution in [2.75, 3.05) is 5.73 Å². The summed E-state index contributed by atoms with van der Waals surface area (Å²) in [4.78, 5) is 17.1. The third kappa shape index (κ3) is 3.57. The van der Waals surface area contributed by atoms with E-state index in [1.807, 2.05) is 54.6 Å². The third-order valence-corrected chi connectivity index (χ3v) is 7.31. The standard InChI is InChI=1S/C31H22FN3O2/c32-22-3-1-2-18(13-22)19-5-8-24-26(14-19)28-25-9-6-21(15-27(25)29(24)37-28)31(36)35-16-17-4-7-23-20(12-17)10-11-34-30(23)33/h1-15,28-29H,16H2,(H2,33,34)(H,35,36). The van der Waals surface area contributed by atoms with Crippen LogP contribution < -0.4 is 11.1 Å². The maximum absolute atomic E-state index is 13.7. The summed E-state index contributed by atoms with van der Waals surface area (Å²) in [7, 11) is 0. The van der Waals surface area contributed by atoms with Crippen molar-refractivity contribution in [2.24, 2.45) is 0 Å². The third-order valence-electron chi connectivity index (χ3n) is 7.31. The summed E-state index contributed by atoms with van der Waals surface area (Å²) in [5.74, 6) is 0.102. The molecule has 2 atom stereocenters. The van der Waals surface area contributed by atoms with Crippen LogP contribution in [0.1, 0.15) is 50.4 Å². The average molecular weight is 488 g/mol. The molecule has 6 heteroatoms. The van der Waals surface area contributed by atoms with Gasteiger partial charge >= 0.3 is 0 Å². The Hall–Kier alpha value is -4.55. The number of carbonyl (C=O) groups is 1. The minimum Gasteiger partial charge on any atom is -0.383 e. The molecule has 2 unspecified atom stereocenters. The normalized spacial score (nSPS) is 17.0. The van der Waals surface area contributed by atoms with Gasteiger partial charge in [-0.05, 0) is 86.8 Å². The first-order valence-corrected chi connectivity index (χ1v) is 12.2. The number of aromatic nitrogens is 1. The number of carbonyl (C=O) groups excluding carboxylic acids is 1. The molecular weight excluding hydrogens is 465 g/mol. The van der Waals surface area contributed by atoms with Crippen LogP contribution >= 0.6 is 0 Å². The van der Waals surface area contributed by atoms with Gasteiger partial charge < -0.3 is 15.8 Å². The van der Waals surface area contributed by atoms with Crippen molar-refractivity contribution in [1.29, 1.82) is 0 Å². The van der Waals surface area contributed by atoms with E-state index in [0.717, 1.165) is 49.7 Å². The van der Waals surface area contributed by atoms with Gasteiger partial charge in [0.1, 0.15) is 23.8 Å². The number of rotatable bonds is 4. The molecule has 180 valence electrons. The van der Waals surface area contributed by atoms with Gasteiger partial charge in [0.25, 0.3) is 5.91 Å². The van der Waals surface area contributed by atoms with E-state index in [1.54, 1.807) is 18.3 Å². The van der Waals surface area contributed by atoms with Crippen LogP contribution in [0.4, 0.5) is 10.2 Å². The molecular formula is C31H22FN3O2. The molecule has 5 nitrogen and oxygen atoms in total. The summed E-state index contributed by atoms with van der Waals surface area (Å²) in [5.41, 5.74) is 13.6. The van der Waals surface area contributed by atoms with Crippen molar-refractivity contribution < 1.29 is 13.9 Å². The van der Waals surface area contributed by atoms with Crippen molar-refractivity contribution in [3.8, 4) is 11.1 Å². The minimum absolute atomic E-state index is 0.137. The zero-order chi connectivity index (χ0) is 25.1. The number of amides is 1. The molecule has 1 amide bonds. The molecule has 0 saturated carbocycles. The Bertz CT molecular complexity index is 1730. The summed E-state index contributed by atoms with van der Waals surface area (Å²) < 4.78 is 20.1. The van der Waals surface area contributed by atoms with E-state index >= 15 is 0 Å². The van der Waals surface area contributed by atoms with Crippen LogP contribution in [0.25, 0.3) is 21.9 Å². The Morgan fingerprint density at radius 1 is 0.865 bits per heavy atom. The molecule has 0 radical (unpaired) electrons. The molecule has 3 heterocycles. The predicted molar refractivity (Wildman–Crippen MR) is 140 cm³/mol. The highest BCUT2D eigenvalue weighted by Gasteiger charge is 2.43. The summed E-state index contributed by atoms with van der Waals surface area (Å²) in [5, 5.41) is 4.91. The van der Waals surface area contributed by atoms with Crippen LogP contribution in [0.2, 0.25) is 0 Å². The SMILES string of the molecule is Nc1nccc2cc(CNC(=O)c3ccc4c(c3)C3OC4c4cc(-c5cccc(F)c5)ccc43)ccc12. The number of pyridine rings is 1. The largest absolute Gasteiger partial charge is 0.383 e. The average Bonchev–Trinajstić information content (AvgIpc) is 3.49. The molecule has 5 aromatic rings. The van der Waals surface area contributed by atoms with Gasteiger partial charge in [-0.3, -0.25) is 4.79 Å². The van der Waals surface area contributed by atoms with E-state index in [4.69, 9.17) is 10.5 Å². The van der Waals surface area contributed by atoms with E-state index in [-0.39, 0.29) is 23.9 Å². The summed E-state index contributed by atoms with van der Waals surface area (Å²) >= 11 is 0. The van der Waals surface area contributed by atoms with E-state index in [9.17, 15) is 9.18 Å². The number of fused-ring (bicyclic) bond motifs is 9. The number of anilines is 1. The van der Waals surface area contributed by atoms with Crippen LogP contribution in [-0.2, 0) is 11.3 Å². The zero-order valence-electron chi connectivity index (χ0n) is 19.7. The van der Waals surface area contributed by atoms with Crippen LogP contribution in [0.3, 0.4) is 0 Å². The summed E-state index contributed by atoms with van der Waals surface area (Å²) in [6.07, 6.45) is 1.30. The van der Waals surface area contributed by atoms with Gasteiger partial charge in [-0.1, -0.05) is 42.5 Å². The number of ether oxygens (including phenoxy) is 1. The smallest absolute Gasteiger partial charge is 0.251 e. The topological polar surface area (TPSA) is 77.2 Å². The van der Waals surface area contributed by atoms with Gasteiger partial charge in [-0.2, -0.15) is 0 Å². The highest BCUT2D eigenvalue weighted by Crippen LogP contribution is 2.54. The van der Waals surface area contributed by atoms with Crippen molar-refractivity contribution in [3.63, 3.8) is 0 Å². The molecule has 7 rings (SSSR count). The minimum atomic E-state index is -0.255. The number of nitrogens with zero attached hydrogens (tertiary/aromatic N) is 1. The molecule has 2 aliphatic heterocycles. The van der Waals surface area contributed by atoms with Gasteiger partial charge in [-0.15, -0.1) is 0 Å². The van der Waals surface area contributed by atoms with E-state index in [1.165, 1.54) is 6.07 Å². The van der Waals surface area contributed by atoms with Crippen LogP contribution in [0.5, 0.6) is 0 Å². The maximum Gasteiger partial charge on any atom is 0.251 e. The quantitative estimate of drug-likeness (QED) is 0.322. The summed E-state index contributed by atoms with van der Waals surface area (Å²) in [6, 6.07) is 26.3.